The number of phenols is 1. The molecule has 0 aliphatic heterocycles. The second-order valence-corrected chi connectivity index (χ2v) is 7.87. The Balaban J connectivity index is 2.55. The predicted octanol–water partition coefficient (Wildman–Crippen LogP) is 4.39. The van der Waals surface area contributed by atoms with Gasteiger partial charge in [0.1, 0.15) is 5.75 Å². The zero-order chi connectivity index (χ0) is 16.5. The molecule has 2 aromatic rings. The molecule has 0 heterocycles. The predicted molar refractivity (Wildman–Crippen MR) is 91.9 cm³/mol. The topological polar surface area (TPSA) is 66.4 Å². The molecule has 2 N–H and O–H groups in total. The first kappa shape index (κ1) is 16.8. The van der Waals surface area contributed by atoms with Gasteiger partial charge in [-0.2, -0.15) is 0 Å². The molecule has 0 unspecified atom stereocenters. The van der Waals surface area contributed by atoms with Crippen molar-refractivity contribution < 1.29 is 13.5 Å². The van der Waals surface area contributed by atoms with Crippen molar-refractivity contribution in [3.05, 3.63) is 52.0 Å². The molecular weight excluding hydrogens is 366 g/mol. The maximum Gasteiger partial charge on any atom is 0.261 e. The van der Waals surface area contributed by atoms with Crippen LogP contribution in [0.15, 0.2) is 45.8 Å². The molecular formula is C16H18BrNO3S. The average Bonchev–Trinajstić information content (AvgIpc) is 2.45. The zero-order valence-corrected chi connectivity index (χ0v) is 15.0. The highest BCUT2D eigenvalue weighted by Gasteiger charge is 2.21. The van der Waals surface area contributed by atoms with Crippen LogP contribution in [0, 0.1) is 6.92 Å². The number of nitrogens with one attached hydrogen (secondary N) is 1. The van der Waals surface area contributed by atoms with Crippen LogP contribution in [0.4, 0.5) is 5.69 Å². The van der Waals surface area contributed by atoms with Crippen molar-refractivity contribution >= 4 is 31.6 Å². The van der Waals surface area contributed by atoms with Gasteiger partial charge in [-0.3, -0.25) is 4.72 Å². The smallest absolute Gasteiger partial charge is 0.261 e. The highest BCUT2D eigenvalue weighted by atomic mass is 79.9. The molecule has 0 saturated carbocycles. The monoisotopic (exact) mass is 383 g/mol. The molecule has 0 aliphatic carbocycles. The van der Waals surface area contributed by atoms with Gasteiger partial charge in [-0.25, -0.2) is 8.42 Å². The first-order valence-electron chi connectivity index (χ1n) is 6.84. The molecule has 0 aliphatic rings. The van der Waals surface area contributed by atoms with E-state index < -0.39 is 10.0 Å². The van der Waals surface area contributed by atoms with Crippen molar-refractivity contribution in [1.82, 2.24) is 0 Å². The average molecular weight is 384 g/mol. The van der Waals surface area contributed by atoms with Crippen LogP contribution in [0.5, 0.6) is 5.75 Å². The molecule has 2 aromatic carbocycles. The van der Waals surface area contributed by atoms with Crippen molar-refractivity contribution in [2.24, 2.45) is 0 Å². The van der Waals surface area contributed by atoms with Gasteiger partial charge in [0.2, 0.25) is 0 Å². The molecule has 0 spiro atoms. The van der Waals surface area contributed by atoms with Crippen LogP contribution in [0.25, 0.3) is 0 Å². The van der Waals surface area contributed by atoms with Crippen molar-refractivity contribution in [3.63, 3.8) is 0 Å². The number of hydrogen-bond donors (Lipinski definition) is 2. The van der Waals surface area contributed by atoms with Gasteiger partial charge >= 0.3 is 0 Å². The highest BCUT2D eigenvalue weighted by molar-refractivity contribution is 9.10. The van der Waals surface area contributed by atoms with E-state index in [4.69, 9.17) is 0 Å². The lowest BCUT2D eigenvalue weighted by Gasteiger charge is -2.19. The van der Waals surface area contributed by atoms with Gasteiger partial charge < -0.3 is 5.11 Å². The summed E-state index contributed by atoms with van der Waals surface area (Å²) in [5.74, 6) is 0.167. The van der Waals surface area contributed by atoms with Crippen molar-refractivity contribution in [2.45, 2.75) is 31.6 Å². The molecule has 118 valence electrons. The number of anilines is 1. The summed E-state index contributed by atoms with van der Waals surface area (Å²) in [5.41, 5.74) is 1.80. The molecule has 0 atom stereocenters. The van der Waals surface area contributed by atoms with Crippen LogP contribution in [0.2, 0.25) is 0 Å². The van der Waals surface area contributed by atoms with Crippen LogP contribution in [-0.4, -0.2) is 13.5 Å². The van der Waals surface area contributed by atoms with Gasteiger partial charge in [0, 0.05) is 0 Å². The minimum atomic E-state index is -3.67. The molecule has 0 aromatic heterocycles. The van der Waals surface area contributed by atoms with Gasteiger partial charge in [-0.05, 0) is 58.1 Å². The Bertz CT molecular complexity index is 787. The van der Waals surface area contributed by atoms with Crippen molar-refractivity contribution in [2.75, 3.05) is 4.72 Å². The molecule has 22 heavy (non-hydrogen) atoms. The number of sulfonamides is 1. The van der Waals surface area contributed by atoms with E-state index in [0.29, 0.717) is 15.7 Å². The lowest BCUT2D eigenvalue weighted by molar-refractivity contribution is 0.466. The minimum Gasteiger partial charge on any atom is -0.506 e. The summed E-state index contributed by atoms with van der Waals surface area (Å²) < 4.78 is 28.1. The van der Waals surface area contributed by atoms with Gasteiger partial charge in [0.05, 0.1) is 15.1 Å². The first-order valence-corrected chi connectivity index (χ1v) is 9.11. The van der Waals surface area contributed by atoms with E-state index in [0.717, 1.165) is 5.56 Å². The lowest BCUT2D eigenvalue weighted by atomic mass is 9.99. The molecule has 2 rings (SSSR count). The summed E-state index contributed by atoms with van der Waals surface area (Å²) in [4.78, 5) is 0.201. The maximum absolute atomic E-state index is 12.5. The van der Waals surface area contributed by atoms with E-state index in [-0.39, 0.29) is 16.6 Å². The molecule has 0 fully saturated rings. The van der Waals surface area contributed by atoms with E-state index in [1.165, 1.54) is 0 Å². The molecule has 4 nitrogen and oxygen atoms in total. The summed E-state index contributed by atoms with van der Waals surface area (Å²) in [6, 6.07) is 9.85. The number of aromatic hydroxyl groups is 1. The number of benzene rings is 2. The fourth-order valence-corrected chi connectivity index (χ4v) is 4.31. The maximum atomic E-state index is 12.5. The third kappa shape index (κ3) is 3.28. The highest BCUT2D eigenvalue weighted by Crippen LogP contribution is 2.40. The molecule has 0 radical (unpaired) electrons. The number of hydrogen-bond acceptors (Lipinski definition) is 3. The van der Waals surface area contributed by atoms with Crippen LogP contribution >= 0.6 is 15.9 Å². The standard InChI is InChI=1S/C16H18BrNO3S/c1-10(2)14-13(9-11(3)16(19)15(14)17)18-22(20,21)12-7-5-4-6-8-12/h4-10,18-19H,1-3H3. The Hall–Kier alpha value is -1.53. The minimum absolute atomic E-state index is 0.0364. The number of halogens is 1. The largest absolute Gasteiger partial charge is 0.506 e. The molecule has 0 saturated heterocycles. The summed E-state index contributed by atoms with van der Waals surface area (Å²) in [6.45, 7) is 5.61. The molecule has 0 amide bonds. The molecule has 6 heteroatoms. The van der Waals surface area contributed by atoms with Crippen LogP contribution < -0.4 is 4.72 Å². The van der Waals surface area contributed by atoms with Crippen LogP contribution in [-0.2, 0) is 10.0 Å². The second kappa shape index (κ2) is 6.30. The van der Waals surface area contributed by atoms with Crippen molar-refractivity contribution in [3.8, 4) is 5.75 Å². The summed E-state index contributed by atoms with van der Waals surface area (Å²) >= 11 is 3.36. The Kier molecular flexibility index (Phi) is 4.82. The Morgan fingerprint density at radius 3 is 2.32 bits per heavy atom. The summed E-state index contributed by atoms with van der Waals surface area (Å²) in [5, 5.41) is 10.1. The van der Waals surface area contributed by atoms with Crippen LogP contribution in [0.1, 0.15) is 30.9 Å². The third-order valence-corrected chi connectivity index (χ3v) is 5.53. The van der Waals surface area contributed by atoms with E-state index in [1.54, 1.807) is 43.3 Å². The van der Waals surface area contributed by atoms with Gasteiger partial charge in [0.25, 0.3) is 10.0 Å². The normalized spacial score (nSPS) is 11.7. The first-order chi connectivity index (χ1) is 10.2. The van der Waals surface area contributed by atoms with E-state index in [2.05, 4.69) is 20.7 Å². The van der Waals surface area contributed by atoms with Gasteiger partial charge in [0.15, 0.2) is 0 Å². The zero-order valence-electron chi connectivity index (χ0n) is 12.6. The lowest BCUT2D eigenvalue weighted by Crippen LogP contribution is -2.15. The fraction of sp³-hybridized carbons (Fsp3) is 0.250. The number of aryl methyl sites for hydroxylation is 1. The molecule has 0 bridgehead atoms. The summed E-state index contributed by atoms with van der Waals surface area (Å²) in [7, 11) is -3.67. The Morgan fingerprint density at radius 1 is 1.18 bits per heavy atom. The van der Waals surface area contributed by atoms with Gasteiger partial charge in [-0.1, -0.05) is 32.0 Å². The van der Waals surface area contributed by atoms with Crippen molar-refractivity contribution in [1.29, 1.82) is 0 Å². The van der Waals surface area contributed by atoms with E-state index >= 15 is 0 Å². The van der Waals surface area contributed by atoms with Crippen LogP contribution in [0.3, 0.4) is 0 Å². The van der Waals surface area contributed by atoms with E-state index in [9.17, 15) is 13.5 Å². The number of rotatable bonds is 4. The Morgan fingerprint density at radius 2 is 1.77 bits per heavy atom. The SMILES string of the molecule is Cc1cc(NS(=O)(=O)c2ccccc2)c(C(C)C)c(Br)c1O. The Labute approximate surface area is 139 Å². The number of phenolic OH excluding ortho intramolecular Hbond substituents is 1. The van der Waals surface area contributed by atoms with Gasteiger partial charge in [-0.15, -0.1) is 0 Å². The summed E-state index contributed by atoms with van der Waals surface area (Å²) in [6.07, 6.45) is 0. The second-order valence-electron chi connectivity index (χ2n) is 5.39. The van der Waals surface area contributed by atoms with E-state index in [1.807, 2.05) is 13.8 Å². The fourth-order valence-electron chi connectivity index (χ4n) is 2.23. The third-order valence-electron chi connectivity index (χ3n) is 3.34. The quantitative estimate of drug-likeness (QED) is 0.769.